The van der Waals surface area contributed by atoms with Gasteiger partial charge in [0.25, 0.3) is 15.9 Å². The van der Waals surface area contributed by atoms with Crippen molar-refractivity contribution in [2.45, 2.75) is 44.7 Å². The van der Waals surface area contributed by atoms with Crippen LogP contribution in [0.25, 0.3) is 11.3 Å². The molecule has 1 unspecified atom stereocenters. The summed E-state index contributed by atoms with van der Waals surface area (Å²) in [5, 5.41) is -0.352. The maximum Gasteiger partial charge on any atom is 0.281 e. The Morgan fingerprint density at radius 1 is 1.17 bits per heavy atom. The van der Waals surface area contributed by atoms with Crippen molar-refractivity contribution in [2.24, 2.45) is 5.92 Å². The van der Waals surface area contributed by atoms with Gasteiger partial charge in [-0.1, -0.05) is 13.0 Å². The SMILES string of the molecule is Cc1cc(C(=O)NS(=O)(=O)c2cccc(N)n2)c(N2CCC(C)C2(C)C)nc1-c1ccc(F)cc1. The molecule has 0 spiro atoms. The number of benzene rings is 1. The summed E-state index contributed by atoms with van der Waals surface area (Å²) in [6.07, 6.45) is 0.890. The van der Waals surface area contributed by atoms with E-state index in [0.29, 0.717) is 35.1 Å². The number of pyridine rings is 2. The van der Waals surface area contributed by atoms with Crippen LogP contribution in [-0.4, -0.2) is 36.4 Å². The molecule has 2 aromatic heterocycles. The molecule has 4 rings (SSSR count). The van der Waals surface area contributed by atoms with Crippen LogP contribution in [0, 0.1) is 18.7 Å². The molecular weight excluding hydrogens is 469 g/mol. The summed E-state index contributed by atoms with van der Waals surface area (Å²) in [6.45, 7) is 8.69. The highest BCUT2D eigenvalue weighted by atomic mass is 32.2. The van der Waals surface area contributed by atoms with Crippen molar-refractivity contribution in [1.29, 1.82) is 0 Å². The molecule has 3 heterocycles. The van der Waals surface area contributed by atoms with Gasteiger partial charge in [-0.15, -0.1) is 0 Å². The standard InChI is InChI=1S/C25H28FN5O3S/c1-15-14-19(24(32)30-35(33,34)21-7-5-6-20(27)28-21)23(31-13-12-16(2)25(31,3)4)29-22(15)17-8-10-18(26)11-9-17/h5-11,14,16H,12-13H2,1-4H3,(H2,27,28)(H,30,32). The fraction of sp³-hybridized carbons (Fsp3) is 0.320. The number of sulfonamides is 1. The van der Waals surface area contributed by atoms with Crippen molar-refractivity contribution in [2.75, 3.05) is 17.2 Å². The van der Waals surface area contributed by atoms with E-state index in [2.05, 4.69) is 30.5 Å². The highest BCUT2D eigenvalue weighted by molar-refractivity contribution is 7.90. The van der Waals surface area contributed by atoms with Crippen LogP contribution in [0.5, 0.6) is 0 Å². The van der Waals surface area contributed by atoms with Crippen LogP contribution >= 0.6 is 0 Å². The van der Waals surface area contributed by atoms with E-state index < -0.39 is 15.9 Å². The first-order chi connectivity index (χ1) is 16.4. The minimum absolute atomic E-state index is 0.0231. The third-order valence-electron chi connectivity index (χ3n) is 6.75. The van der Waals surface area contributed by atoms with Crippen LogP contribution < -0.4 is 15.4 Å². The molecule has 35 heavy (non-hydrogen) atoms. The topological polar surface area (TPSA) is 118 Å². The molecule has 1 aromatic carbocycles. The fourth-order valence-electron chi connectivity index (χ4n) is 4.30. The molecule has 0 bridgehead atoms. The van der Waals surface area contributed by atoms with E-state index in [1.807, 2.05) is 4.90 Å². The number of nitrogens with two attached hydrogens (primary N) is 1. The van der Waals surface area contributed by atoms with Gasteiger partial charge in [0.15, 0.2) is 5.03 Å². The lowest BCUT2D eigenvalue weighted by Gasteiger charge is -2.37. The van der Waals surface area contributed by atoms with Gasteiger partial charge in [0.05, 0.1) is 11.3 Å². The minimum atomic E-state index is -4.27. The minimum Gasteiger partial charge on any atom is -0.384 e. The Hall–Kier alpha value is -3.53. The molecule has 10 heteroatoms. The summed E-state index contributed by atoms with van der Waals surface area (Å²) in [5.41, 5.74) is 7.35. The molecule has 1 amide bonds. The zero-order chi connectivity index (χ0) is 25.5. The van der Waals surface area contributed by atoms with Gasteiger partial charge in [-0.2, -0.15) is 8.42 Å². The first-order valence-electron chi connectivity index (χ1n) is 11.2. The number of nitrogen functional groups attached to an aromatic ring is 1. The molecule has 1 fully saturated rings. The highest BCUT2D eigenvalue weighted by Crippen LogP contribution is 2.40. The van der Waals surface area contributed by atoms with Gasteiger partial charge < -0.3 is 10.6 Å². The highest BCUT2D eigenvalue weighted by Gasteiger charge is 2.41. The van der Waals surface area contributed by atoms with Crippen molar-refractivity contribution in [3.05, 3.63) is 65.5 Å². The van der Waals surface area contributed by atoms with Gasteiger partial charge >= 0.3 is 0 Å². The van der Waals surface area contributed by atoms with E-state index in [-0.39, 0.29) is 27.8 Å². The molecule has 3 aromatic rings. The summed E-state index contributed by atoms with van der Waals surface area (Å²) < 4.78 is 41.4. The molecule has 1 atom stereocenters. The Balaban J connectivity index is 1.82. The van der Waals surface area contributed by atoms with Crippen molar-refractivity contribution in [3.63, 3.8) is 0 Å². The smallest absolute Gasteiger partial charge is 0.281 e. The van der Waals surface area contributed by atoms with Crippen LogP contribution in [0.15, 0.2) is 53.6 Å². The van der Waals surface area contributed by atoms with E-state index in [0.717, 1.165) is 6.42 Å². The Kier molecular flexibility index (Phi) is 6.27. The number of hydrogen-bond acceptors (Lipinski definition) is 7. The summed E-state index contributed by atoms with van der Waals surface area (Å²) in [6, 6.07) is 11.7. The van der Waals surface area contributed by atoms with Crippen molar-refractivity contribution >= 4 is 27.6 Å². The normalized spacial score (nSPS) is 17.4. The van der Waals surface area contributed by atoms with E-state index >= 15 is 0 Å². The average molecular weight is 498 g/mol. The van der Waals surface area contributed by atoms with Gasteiger partial charge in [0.2, 0.25) is 0 Å². The molecule has 0 radical (unpaired) electrons. The number of hydrogen-bond donors (Lipinski definition) is 2. The second-order valence-corrected chi connectivity index (χ2v) is 11.0. The van der Waals surface area contributed by atoms with Crippen LogP contribution in [0.2, 0.25) is 0 Å². The van der Waals surface area contributed by atoms with Gasteiger partial charge in [0.1, 0.15) is 17.5 Å². The maximum atomic E-state index is 13.5. The van der Waals surface area contributed by atoms with Crippen molar-refractivity contribution < 1.29 is 17.6 Å². The van der Waals surface area contributed by atoms with Crippen LogP contribution in [0.4, 0.5) is 16.0 Å². The van der Waals surface area contributed by atoms with Crippen LogP contribution in [0.1, 0.15) is 43.1 Å². The Morgan fingerprint density at radius 3 is 2.46 bits per heavy atom. The number of anilines is 2. The second-order valence-electron chi connectivity index (χ2n) is 9.36. The van der Waals surface area contributed by atoms with E-state index in [1.54, 1.807) is 25.1 Å². The fourth-order valence-corrected chi connectivity index (χ4v) is 5.24. The molecule has 1 saturated heterocycles. The second kappa shape index (κ2) is 8.92. The molecule has 184 valence electrons. The third kappa shape index (κ3) is 4.70. The Morgan fingerprint density at radius 2 is 1.86 bits per heavy atom. The summed E-state index contributed by atoms with van der Waals surface area (Å²) >= 11 is 0. The van der Waals surface area contributed by atoms with Crippen molar-refractivity contribution in [3.8, 4) is 11.3 Å². The summed E-state index contributed by atoms with van der Waals surface area (Å²) in [7, 11) is -4.27. The number of nitrogens with one attached hydrogen (secondary N) is 1. The van der Waals surface area contributed by atoms with E-state index in [9.17, 15) is 17.6 Å². The molecular formula is C25H28FN5O3S. The number of aryl methyl sites for hydroxylation is 1. The predicted molar refractivity (Wildman–Crippen MR) is 133 cm³/mol. The van der Waals surface area contributed by atoms with Gasteiger partial charge in [-0.25, -0.2) is 19.1 Å². The zero-order valence-electron chi connectivity index (χ0n) is 20.0. The average Bonchev–Trinajstić information content (AvgIpc) is 3.06. The number of carbonyl (C=O) groups is 1. The first-order valence-corrected chi connectivity index (χ1v) is 12.7. The molecule has 3 N–H and O–H groups in total. The lowest BCUT2D eigenvalue weighted by Crippen LogP contribution is -2.44. The van der Waals surface area contributed by atoms with Crippen molar-refractivity contribution in [1.82, 2.24) is 14.7 Å². The number of rotatable bonds is 5. The largest absolute Gasteiger partial charge is 0.384 e. The van der Waals surface area contributed by atoms with Crippen LogP contribution in [0.3, 0.4) is 0 Å². The van der Waals surface area contributed by atoms with Crippen LogP contribution in [-0.2, 0) is 10.0 Å². The molecule has 0 aliphatic carbocycles. The number of nitrogens with zero attached hydrogens (tertiary/aromatic N) is 3. The number of aromatic nitrogens is 2. The number of carbonyl (C=O) groups excluding carboxylic acids is 1. The maximum absolute atomic E-state index is 13.5. The first kappa shape index (κ1) is 24.6. The molecule has 1 aliphatic heterocycles. The quantitative estimate of drug-likeness (QED) is 0.548. The summed E-state index contributed by atoms with van der Waals surface area (Å²) in [5.74, 6) is -0.471. The molecule has 1 aliphatic rings. The Bertz CT molecular complexity index is 1390. The monoisotopic (exact) mass is 497 g/mol. The van der Waals surface area contributed by atoms with E-state index in [4.69, 9.17) is 10.7 Å². The Labute approximate surface area is 204 Å². The third-order valence-corrected chi connectivity index (χ3v) is 7.98. The van der Waals surface area contributed by atoms with E-state index in [1.165, 1.54) is 30.3 Å². The van der Waals surface area contributed by atoms with Gasteiger partial charge in [-0.05, 0) is 81.1 Å². The lowest BCUT2D eigenvalue weighted by atomic mass is 9.90. The zero-order valence-corrected chi connectivity index (χ0v) is 20.9. The summed E-state index contributed by atoms with van der Waals surface area (Å²) in [4.78, 5) is 24.1. The molecule has 8 nitrogen and oxygen atoms in total. The van der Waals surface area contributed by atoms with Gasteiger partial charge in [-0.3, -0.25) is 4.79 Å². The number of amides is 1. The lowest BCUT2D eigenvalue weighted by molar-refractivity contribution is 0.0981. The molecule has 0 saturated carbocycles. The van der Waals surface area contributed by atoms with Gasteiger partial charge in [0, 0.05) is 17.6 Å². The number of halogens is 1. The predicted octanol–water partition coefficient (Wildman–Crippen LogP) is 3.92.